The van der Waals surface area contributed by atoms with Gasteiger partial charge in [-0.3, -0.25) is 4.79 Å². The van der Waals surface area contributed by atoms with Gasteiger partial charge in [0.05, 0.1) is 11.8 Å². The second kappa shape index (κ2) is 10.4. The Bertz CT molecular complexity index is 1060. The number of aryl methyl sites for hydroxylation is 1. The molecule has 1 N–H and O–H groups in total. The number of hydrogen-bond donors (Lipinski definition) is 1. The number of nitrogens with zero attached hydrogens (tertiary/aromatic N) is 1. The summed E-state index contributed by atoms with van der Waals surface area (Å²) in [5, 5.41) is 3.90. The van der Waals surface area contributed by atoms with Crippen molar-refractivity contribution in [1.29, 1.82) is 0 Å². The van der Waals surface area contributed by atoms with E-state index in [-0.39, 0.29) is 12.5 Å². The number of carbonyl (C=O) groups is 2. The number of hydrazone groups is 1. The number of amides is 1. The number of esters is 1. The van der Waals surface area contributed by atoms with E-state index in [1.807, 2.05) is 31.2 Å². The van der Waals surface area contributed by atoms with Crippen molar-refractivity contribution in [2.24, 2.45) is 5.10 Å². The summed E-state index contributed by atoms with van der Waals surface area (Å²) in [5.74, 6) is 0.223. The van der Waals surface area contributed by atoms with Crippen LogP contribution in [0.15, 0.2) is 82.4 Å². The van der Waals surface area contributed by atoms with Crippen LogP contribution < -0.4 is 14.9 Å². The van der Waals surface area contributed by atoms with Crippen molar-refractivity contribution in [3.05, 3.63) is 94.0 Å². The van der Waals surface area contributed by atoms with Gasteiger partial charge in [0.15, 0.2) is 6.61 Å². The van der Waals surface area contributed by atoms with Gasteiger partial charge in [-0.1, -0.05) is 34.1 Å². The fourth-order valence-electron chi connectivity index (χ4n) is 2.47. The molecule has 3 aromatic rings. The van der Waals surface area contributed by atoms with Gasteiger partial charge in [0.25, 0.3) is 5.91 Å². The summed E-state index contributed by atoms with van der Waals surface area (Å²) in [7, 11) is 0. The quantitative estimate of drug-likeness (QED) is 0.240. The van der Waals surface area contributed by atoms with Gasteiger partial charge in [-0.25, -0.2) is 10.2 Å². The van der Waals surface area contributed by atoms with Crippen LogP contribution in [0.4, 0.5) is 0 Å². The monoisotopic (exact) mass is 466 g/mol. The Labute approximate surface area is 182 Å². The van der Waals surface area contributed by atoms with Gasteiger partial charge in [-0.2, -0.15) is 5.10 Å². The maximum Gasteiger partial charge on any atom is 0.343 e. The van der Waals surface area contributed by atoms with E-state index in [4.69, 9.17) is 9.47 Å². The topological polar surface area (TPSA) is 77.0 Å². The molecular formula is C23H19BrN2O4. The highest BCUT2D eigenvalue weighted by Crippen LogP contribution is 2.16. The van der Waals surface area contributed by atoms with Crippen LogP contribution in [0.2, 0.25) is 0 Å². The molecule has 0 spiro atoms. The predicted molar refractivity (Wildman–Crippen MR) is 118 cm³/mol. The highest BCUT2D eigenvalue weighted by molar-refractivity contribution is 9.10. The standard InChI is InChI=1S/C23H19BrN2O4/c1-16-4-2-7-21(12-16)29-15-22(27)26-25-14-17-8-10-20(11-9-17)30-23(28)18-5-3-6-19(24)13-18/h2-14H,15H2,1H3,(H,26,27). The summed E-state index contributed by atoms with van der Waals surface area (Å²) in [6.45, 7) is 1.81. The van der Waals surface area contributed by atoms with Gasteiger partial charge in [0.1, 0.15) is 11.5 Å². The van der Waals surface area contributed by atoms with Crippen molar-refractivity contribution in [2.45, 2.75) is 6.92 Å². The Morgan fingerprint density at radius 3 is 2.50 bits per heavy atom. The normalized spacial score (nSPS) is 10.6. The summed E-state index contributed by atoms with van der Waals surface area (Å²) in [4.78, 5) is 24.0. The van der Waals surface area contributed by atoms with E-state index in [0.29, 0.717) is 17.1 Å². The Kier molecular flexibility index (Phi) is 7.34. The fraction of sp³-hybridized carbons (Fsp3) is 0.0870. The maximum atomic E-state index is 12.2. The third-order valence-corrected chi connectivity index (χ3v) is 4.41. The van der Waals surface area contributed by atoms with Gasteiger partial charge in [-0.05, 0) is 72.6 Å². The van der Waals surface area contributed by atoms with Crippen LogP contribution in [0.3, 0.4) is 0 Å². The largest absolute Gasteiger partial charge is 0.484 e. The Balaban J connectivity index is 1.47. The van der Waals surface area contributed by atoms with Crippen LogP contribution in [-0.4, -0.2) is 24.7 Å². The second-order valence-corrected chi connectivity index (χ2v) is 7.28. The van der Waals surface area contributed by atoms with E-state index in [9.17, 15) is 9.59 Å². The van der Waals surface area contributed by atoms with Crippen molar-refractivity contribution in [1.82, 2.24) is 5.43 Å². The molecule has 6 nitrogen and oxygen atoms in total. The van der Waals surface area contributed by atoms with E-state index in [2.05, 4.69) is 26.5 Å². The lowest BCUT2D eigenvalue weighted by Crippen LogP contribution is -2.24. The van der Waals surface area contributed by atoms with Gasteiger partial charge < -0.3 is 9.47 Å². The molecule has 0 radical (unpaired) electrons. The molecule has 0 aliphatic heterocycles. The molecule has 0 bridgehead atoms. The molecule has 0 heterocycles. The lowest BCUT2D eigenvalue weighted by molar-refractivity contribution is -0.123. The molecule has 7 heteroatoms. The van der Waals surface area contributed by atoms with E-state index in [1.165, 1.54) is 6.21 Å². The number of nitrogens with one attached hydrogen (secondary N) is 1. The van der Waals surface area contributed by atoms with Crippen molar-refractivity contribution in [3.63, 3.8) is 0 Å². The summed E-state index contributed by atoms with van der Waals surface area (Å²) < 4.78 is 11.6. The van der Waals surface area contributed by atoms with E-state index < -0.39 is 5.97 Å². The van der Waals surface area contributed by atoms with Crippen LogP contribution in [0.25, 0.3) is 0 Å². The third kappa shape index (κ3) is 6.56. The summed E-state index contributed by atoms with van der Waals surface area (Å²) in [5.41, 5.74) is 4.64. The van der Waals surface area contributed by atoms with Crippen LogP contribution in [0.5, 0.6) is 11.5 Å². The van der Waals surface area contributed by atoms with Crippen molar-refractivity contribution < 1.29 is 19.1 Å². The first-order valence-electron chi connectivity index (χ1n) is 9.09. The van der Waals surface area contributed by atoms with Gasteiger partial charge in [-0.15, -0.1) is 0 Å². The molecule has 0 aliphatic rings. The molecule has 152 valence electrons. The molecule has 3 aromatic carbocycles. The first-order chi connectivity index (χ1) is 14.5. The summed E-state index contributed by atoms with van der Waals surface area (Å²) in [6, 6.07) is 21.2. The Hall–Kier alpha value is -3.45. The van der Waals surface area contributed by atoms with Gasteiger partial charge >= 0.3 is 5.97 Å². The minimum Gasteiger partial charge on any atom is -0.484 e. The molecule has 30 heavy (non-hydrogen) atoms. The van der Waals surface area contributed by atoms with Crippen LogP contribution >= 0.6 is 15.9 Å². The van der Waals surface area contributed by atoms with E-state index in [0.717, 1.165) is 15.6 Å². The molecule has 1 amide bonds. The zero-order chi connectivity index (χ0) is 21.3. The molecule has 0 saturated heterocycles. The number of hydrogen-bond acceptors (Lipinski definition) is 5. The average molecular weight is 467 g/mol. The van der Waals surface area contributed by atoms with Gasteiger partial charge in [0, 0.05) is 4.47 Å². The highest BCUT2D eigenvalue weighted by atomic mass is 79.9. The Morgan fingerprint density at radius 1 is 1.00 bits per heavy atom. The zero-order valence-corrected chi connectivity index (χ0v) is 17.8. The first-order valence-corrected chi connectivity index (χ1v) is 9.88. The number of halogens is 1. The highest BCUT2D eigenvalue weighted by Gasteiger charge is 2.08. The number of ether oxygens (including phenoxy) is 2. The summed E-state index contributed by atoms with van der Waals surface area (Å²) >= 11 is 3.32. The number of benzene rings is 3. The SMILES string of the molecule is Cc1cccc(OCC(=O)NN=Cc2ccc(OC(=O)c3cccc(Br)c3)cc2)c1. The average Bonchev–Trinajstić information content (AvgIpc) is 2.73. The minimum atomic E-state index is -0.446. The summed E-state index contributed by atoms with van der Waals surface area (Å²) in [6.07, 6.45) is 1.49. The fourth-order valence-corrected chi connectivity index (χ4v) is 2.87. The number of rotatable bonds is 7. The predicted octanol–water partition coefficient (Wildman–Crippen LogP) is 4.51. The van der Waals surface area contributed by atoms with Crippen molar-refractivity contribution in [2.75, 3.05) is 6.61 Å². The second-order valence-electron chi connectivity index (χ2n) is 6.37. The first kappa shape index (κ1) is 21.3. The molecule has 0 saturated carbocycles. The lowest BCUT2D eigenvalue weighted by atomic mass is 10.2. The molecule has 0 aliphatic carbocycles. The minimum absolute atomic E-state index is 0.134. The van der Waals surface area contributed by atoms with Crippen LogP contribution in [0.1, 0.15) is 21.5 Å². The molecule has 0 aromatic heterocycles. The molecular weight excluding hydrogens is 448 g/mol. The zero-order valence-electron chi connectivity index (χ0n) is 16.2. The molecule has 0 unspecified atom stereocenters. The van der Waals surface area contributed by atoms with Crippen LogP contribution in [-0.2, 0) is 4.79 Å². The molecule has 0 fully saturated rings. The van der Waals surface area contributed by atoms with Crippen molar-refractivity contribution >= 4 is 34.0 Å². The maximum absolute atomic E-state index is 12.2. The Morgan fingerprint density at radius 2 is 1.77 bits per heavy atom. The smallest absolute Gasteiger partial charge is 0.343 e. The van der Waals surface area contributed by atoms with Gasteiger partial charge in [0.2, 0.25) is 0 Å². The third-order valence-electron chi connectivity index (χ3n) is 3.91. The molecule has 0 atom stereocenters. The van der Waals surface area contributed by atoms with E-state index >= 15 is 0 Å². The number of carbonyl (C=O) groups excluding carboxylic acids is 2. The van der Waals surface area contributed by atoms with E-state index in [1.54, 1.807) is 48.5 Å². The van der Waals surface area contributed by atoms with Crippen molar-refractivity contribution in [3.8, 4) is 11.5 Å². The lowest BCUT2D eigenvalue weighted by Gasteiger charge is -2.06. The van der Waals surface area contributed by atoms with Crippen LogP contribution in [0, 0.1) is 6.92 Å². The molecule has 3 rings (SSSR count).